The van der Waals surface area contributed by atoms with E-state index in [4.69, 9.17) is 0 Å². The molecule has 1 aromatic carbocycles. The Morgan fingerprint density at radius 2 is 2.09 bits per heavy atom. The van der Waals surface area contributed by atoms with Gasteiger partial charge in [0.2, 0.25) is 0 Å². The maximum absolute atomic E-state index is 12.8. The first-order chi connectivity index (χ1) is 10.5. The highest BCUT2D eigenvalue weighted by Gasteiger charge is 2.28. The molecular formula is C16H24N2O3S. The monoisotopic (exact) mass is 324 g/mol. The lowest BCUT2D eigenvalue weighted by Crippen LogP contribution is -2.47. The van der Waals surface area contributed by atoms with E-state index in [1.807, 2.05) is 14.0 Å². The fourth-order valence-electron chi connectivity index (χ4n) is 2.86. The fraction of sp³-hybridized carbons (Fsp3) is 0.562. The number of piperidine rings is 1. The van der Waals surface area contributed by atoms with E-state index in [1.165, 1.54) is 6.07 Å². The molecule has 1 fully saturated rings. The van der Waals surface area contributed by atoms with E-state index in [2.05, 4.69) is 5.32 Å². The summed E-state index contributed by atoms with van der Waals surface area (Å²) in [6.45, 7) is 3.13. The van der Waals surface area contributed by atoms with Crippen LogP contribution >= 0.6 is 0 Å². The van der Waals surface area contributed by atoms with Crippen molar-refractivity contribution in [2.45, 2.75) is 37.1 Å². The van der Waals surface area contributed by atoms with Crippen LogP contribution in [0.5, 0.6) is 0 Å². The summed E-state index contributed by atoms with van der Waals surface area (Å²) >= 11 is 0. The Morgan fingerprint density at radius 1 is 1.36 bits per heavy atom. The number of likely N-dealkylation sites (N-methyl/N-ethyl adjacent to an activating group) is 1. The number of hydrogen-bond donors (Lipinski definition) is 1. The van der Waals surface area contributed by atoms with Crippen molar-refractivity contribution in [3.63, 3.8) is 0 Å². The normalized spacial score (nSPS) is 19.2. The highest BCUT2D eigenvalue weighted by atomic mass is 32.2. The summed E-state index contributed by atoms with van der Waals surface area (Å²) in [5.74, 6) is -0.119. The molecule has 0 spiro atoms. The second-order valence-electron chi connectivity index (χ2n) is 5.69. The molecule has 0 bridgehead atoms. The van der Waals surface area contributed by atoms with Gasteiger partial charge < -0.3 is 10.2 Å². The molecule has 0 radical (unpaired) electrons. The number of hydrogen-bond acceptors (Lipinski definition) is 4. The van der Waals surface area contributed by atoms with Gasteiger partial charge in [-0.05, 0) is 38.4 Å². The van der Waals surface area contributed by atoms with Crippen LogP contribution in [0.2, 0.25) is 0 Å². The van der Waals surface area contributed by atoms with Crippen molar-refractivity contribution in [2.24, 2.45) is 0 Å². The third-order valence-corrected chi connectivity index (χ3v) is 6.01. The first kappa shape index (κ1) is 17.0. The molecule has 1 amide bonds. The quantitative estimate of drug-likeness (QED) is 0.895. The average molecular weight is 324 g/mol. The summed E-state index contributed by atoms with van der Waals surface area (Å²) in [4.78, 5) is 14.7. The highest BCUT2D eigenvalue weighted by molar-refractivity contribution is 7.91. The first-order valence-corrected chi connectivity index (χ1v) is 9.43. The van der Waals surface area contributed by atoms with Crippen molar-refractivity contribution in [1.82, 2.24) is 10.2 Å². The smallest absolute Gasteiger partial charge is 0.255 e. The van der Waals surface area contributed by atoms with Crippen molar-refractivity contribution in [1.29, 1.82) is 0 Å². The van der Waals surface area contributed by atoms with Crippen molar-refractivity contribution >= 4 is 15.7 Å². The molecule has 122 valence electrons. The number of carbonyl (C=O) groups excluding carboxylic acids is 1. The van der Waals surface area contributed by atoms with Crippen LogP contribution in [0.3, 0.4) is 0 Å². The van der Waals surface area contributed by atoms with Gasteiger partial charge in [0.15, 0.2) is 9.84 Å². The Bertz CT molecular complexity index is 628. The molecule has 0 saturated carbocycles. The van der Waals surface area contributed by atoms with Gasteiger partial charge in [-0.2, -0.15) is 0 Å². The fourth-order valence-corrected chi connectivity index (χ4v) is 4.39. The topological polar surface area (TPSA) is 66.5 Å². The van der Waals surface area contributed by atoms with Crippen LogP contribution in [0, 0.1) is 0 Å². The molecule has 1 heterocycles. The number of carbonyl (C=O) groups is 1. The minimum atomic E-state index is -3.41. The minimum Gasteiger partial charge on any atom is -0.337 e. The number of sulfone groups is 1. The Balaban J connectivity index is 2.31. The van der Waals surface area contributed by atoms with Gasteiger partial charge in [-0.3, -0.25) is 4.79 Å². The summed E-state index contributed by atoms with van der Waals surface area (Å²) in [6.07, 6.45) is 2.51. The second kappa shape index (κ2) is 7.24. The molecule has 0 unspecified atom stereocenters. The standard InChI is InChI=1S/C16H24N2O3S/c1-3-11-22(20,21)15-9-5-4-8-14(15)16(19)18-10-6-7-13(12-18)17-2/h4-5,8-9,13,17H,3,6-7,10-12H2,1-2H3/t13-/m1/s1. The maximum atomic E-state index is 12.8. The third-order valence-electron chi connectivity index (χ3n) is 4.04. The molecule has 1 N–H and O–H groups in total. The van der Waals surface area contributed by atoms with Gasteiger partial charge in [0.05, 0.1) is 16.2 Å². The SMILES string of the molecule is CCCS(=O)(=O)c1ccccc1C(=O)N1CCC[C@@H](NC)C1. The molecule has 22 heavy (non-hydrogen) atoms. The molecule has 5 nitrogen and oxygen atoms in total. The Hall–Kier alpha value is -1.40. The molecular weight excluding hydrogens is 300 g/mol. The molecule has 1 atom stereocenters. The van der Waals surface area contributed by atoms with E-state index in [9.17, 15) is 13.2 Å². The van der Waals surface area contributed by atoms with Crippen LogP contribution in [0.15, 0.2) is 29.2 Å². The van der Waals surface area contributed by atoms with E-state index in [0.29, 0.717) is 25.1 Å². The first-order valence-electron chi connectivity index (χ1n) is 7.78. The Kier molecular flexibility index (Phi) is 5.58. The number of rotatable bonds is 5. The van der Waals surface area contributed by atoms with Gasteiger partial charge in [0, 0.05) is 19.1 Å². The van der Waals surface area contributed by atoms with Crippen molar-refractivity contribution in [3.8, 4) is 0 Å². The van der Waals surface area contributed by atoms with Gasteiger partial charge in [-0.15, -0.1) is 0 Å². The minimum absolute atomic E-state index is 0.0659. The Labute approximate surface area is 132 Å². The molecule has 6 heteroatoms. The van der Waals surface area contributed by atoms with E-state index in [1.54, 1.807) is 23.1 Å². The van der Waals surface area contributed by atoms with E-state index in [-0.39, 0.29) is 22.6 Å². The van der Waals surface area contributed by atoms with Crippen LogP contribution in [-0.2, 0) is 9.84 Å². The van der Waals surface area contributed by atoms with E-state index < -0.39 is 9.84 Å². The lowest BCUT2D eigenvalue weighted by Gasteiger charge is -2.33. The Morgan fingerprint density at radius 3 is 2.77 bits per heavy atom. The van der Waals surface area contributed by atoms with Gasteiger partial charge in [-0.25, -0.2) is 8.42 Å². The summed E-state index contributed by atoms with van der Waals surface area (Å²) in [7, 11) is -1.52. The van der Waals surface area contributed by atoms with Crippen molar-refractivity contribution in [3.05, 3.63) is 29.8 Å². The van der Waals surface area contributed by atoms with Gasteiger partial charge in [0.25, 0.3) is 5.91 Å². The lowest BCUT2D eigenvalue weighted by molar-refractivity contribution is 0.0694. The number of nitrogens with one attached hydrogen (secondary N) is 1. The maximum Gasteiger partial charge on any atom is 0.255 e. The molecule has 2 rings (SSSR count). The van der Waals surface area contributed by atoms with Crippen molar-refractivity contribution < 1.29 is 13.2 Å². The van der Waals surface area contributed by atoms with Crippen LogP contribution in [0.4, 0.5) is 0 Å². The third kappa shape index (κ3) is 3.67. The number of amides is 1. The summed E-state index contributed by atoms with van der Waals surface area (Å²) in [5, 5.41) is 3.19. The van der Waals surface area contributed by atoms with Gasteiger partial charge in [-0.1, -0.05) is 19.1 Å². The summed E-state index contributed by atoms with van der Waals surface area (Å²) < 4.78 is 24.8. The molecule has 1 aromatic rings. The van der Waals surface area contributed by atoms with Crippen LogP contribution in [0.1, 0.15) is 36.5 Å². The molecule has 0 aromatic heterocycles. The summed E-state index contributed by atoms with van der Waals surface area (Å²) in [5.41, 5.74) is 0.299. The van der Waals surface area contributed by atoms with Crippen LogP contribution in [0.25, 0.3) is 0 Å². The van der Waals surface area contributed by atoms with Crippen molar-refractivity contribution in [2.75, 3.05) is 25.9 Å². The van der Waals surface area contributed by atoms with Crippen LogP contribution < -0.4 is 5.32 Å². The number of benzene rings is 1. The molecule has 0 aliphatic carbocycles. The second-order valence-corrected chi connectivity index (χ2v) is 7.77. The average Bonchev–Trinajstić information content (AvgIpc) is 2.54. The zero-order chi connectivity index (χ0) is 16.2. The van der Waals surface area contributed by atoms with Crippen LogP contribution in [-0.4, -0.2) is 51.2 Å². The van der Waals surface area contributed by atoms with E-state index >= 15 is 0 Å². The van der Waals surface area contributed by atoms with E-state index in [0.717, 1.165) is 12.8 Å². The number of likely N-dealkylation sites (tertiary alicyclic amines) is 1. The highest BCUT2D eigenvalue weighted by Crippen LogP contribution is 2.21. The predicted molar refractivity (Wildman–Crippen MR) is 86.8 cm³/mol. The zero-order valence-electron chi connectivity index (χ0n) is 13.2. The molecule has 1 saturated heterocycles. The lowest BCUT2D eigenvalue weighted by atomic mass is 10.0. The largest absolute Gasteiger partial charge is 0.337 e. The molecule has 1 aliphatic heterocycles. The summed E-state index contributed by atoms with van der Waals surface area (Å²) in [6, 6.07) is 6.83. The van der Waals surface area contributed by atoms with Gasteiger partial charge in [0.1, 0.15) is 0 Å². The predicted octanol–water partition coefficient (Wildman–Crippen LogP) is 1.69. The number of nitrogens with zero attached hydrogens (tertiary/aromatic N) is 1. The van der Waals surface area contributed by atoms with Gasteiger partial charge >= 0.3 is 0 Å². The zero-order valence-corrected chi connectivity index (χ0v) is 14.0. The molecule has 1 aliphatic rings.